The van der Waals surface area contributed by atoms with Gasteiger partial charge in [-0.2, -0.15) is 0 Å². The van der Waals surface area contributed by atoms with Gasteiger partial charge in [0, 0.05) is 50.3 Å². The van der Waals surface area contributed by atoms with E-state index in [0.29, 0.717) is 43.6 Å². The van der Waals surface area contributed by atoms with Crippen LogP contribution in [0.25, 0.3) is 11.7 Å². The SMILES string of the molecule is CC(C)c1csc(CCc2ccn3c(=O)c(C=CC(=O)O)c(N4CCN(C(=O)C[n+]5ccn(C)c5)CC4)nc3c2)n1. The van der Waals surface area contributed by atoms with Crippen LogP contribution in [0.2, 0.25) is 0 Å². The molecule has 0 aromatic carbocycles. The molecular weight excluding hydrogens is 542 g/mol. The Hall–Kier alpha value is -4.32. The van der Waals surface area contributed by atoms with Gasteiger partial charge in [0.1, 0.15) is 23.9 Å². The van der Waals surface area contributed by atoms with Crippen molar-refractivity contribution in [2.45, 2.75) is 39.2 Å². The molecule has 0 radical (unpaired) electrons. The highest BCUT2D eigenvalue weighted by Gasteiger charge is 2.26. The zero-order valence-corrected chi connectivity index (χ0v) is 24.3. The minimum atomic E-state index is -1.15. The molecule has 0 spiro atoms. The van der Waals surface area contributed by atoms with Gasteiger partial charge in [0.15, 0.2) is 6.54 Å². The number of aryl methyl sites for hydroxylation is 3. The Labute approximate surface area is 241 Å². The van der Waals surface area contributed by atoms with Crippen molar-refractivity contribution in [2.75, 3.05) is 31.1 Å². The number of pyridine rings is 1. The lowest BCUT2D eigenvalue weighted by Crippen LogP contribution is -2.52. The van der Waals surface area contributed by atoms with E-state index >= 15 is 0 Å². The third-order valence-corrected chi connectivity index (χ3v) is 8.09. The lowest BCUT2D eigenvalue weighted by Gasteiger charge is -2.35. The third-order valence-electron chi connectivity index (χ3n) is 7.16. The third kappa shape index (κ3) is 6.54. The predicted molar refractivity (Wildman–Crippen MR) is 156 cm³/mol. The molecule has 0 aliphatic carbocycles. The number of carbonyl (C=O) groups is 2. The highest BCUT2D eigenvalue weighted by atomic mass is 32.1. The van der Waals surface area contributed by atoms with Gasteiger partial charge in [0.2, 0.25) is 6.33 Å². The molecule has 1 fully saturated rings. The maximum absolute atomic E-state index is 13.5. The number of hydrogen-bond acceptors (Lipinski definition) is 7. The van der Waals surface area contributed by atoms with Crippen LogP contribution in [0.5, 0.6) is 0 Å². The van der Waals surface area contributed by atoms with E-state index < -0.39 is 5.97 Å². The topological polar surface area (TPSA) is 117 Å². The molecule has 1 amide bonds. The van der Waals surface area contributed by atoms with E-state index in [1.807, 2.05) is 51.9 Å². The van der Waals surface area contributed by atoms with Gasteiger partial charge in [-0.15, -0.1) is 11.3 Å². The van der Waals surface area contributed by atoms with Crippen molar-refractivity contribution in [3.63, 3.8) is 0 Å². The van der Waals surface area contributed by atoms with Gasteiger partial charge in [-0.1, -0.05) is 13.8 Å². The zero-order chi connectivity index (χ0) is 29.1. The van der Waals surface area contributed by atoms with Crippen LogP contribution in [0.15, 0.2) is 53.3 Å². The van der Waals surface area contributed by atoms with E-state index in [2.05, 4.69) is 19.2 Å². The molecule has 12 heteroatoms. The number of anilines is 1. The summed E-state index contributed by atoms with van der Waals surface area (Å²) in [4.78, 5) is 51.0. The highest BCUT2D eigenvalue weighted by molar-refractivity contribution is 7.09. The molecule has 4 aromatic heterocycles. The standard InChI is InChI=1S/C29H33N7O4S/c1-20(2)23-18-41-25(30-23)6-4-21-8-9-36-24(16-21)31-28(22(29(36)40)5-7-27(38)39)35-14-12-34(13-15-35)26(37)17-33-11-10-32(3)19-33/h5,7-11,16,18-20H,4,6,12-15,17H2,1-3H3/p+1. The number of aromatic nitrogens is 5. The normalized spacial score (nSPS) is 14.0. The summed E-state index contributed by atoms with van der Waals surface area (Å²) < 4.78 is 5.17. The average molecular weight is 577 g/mol. The van der Waals surface area contributed by atoms with Gasteiger partial charge in [0.25, 0.3) is 11.5 Å². The fourth-order valence-electron chi connectivity index (χ4n) is 4.85. The minimum Gasteiger partial charge on any atom is -0.478 e. The fraction of sp³-hybridized carbons (Fsp3) is 0.379. The number of carboxylic acids is 1. The molecule has 1 N–H and O–H groups in total. The van der Waals surface area contributed by atoms with Crippen molar-refractivity contribution in [3.8, 4) is 0 Å². The predicted octanol–water partition coefficient (Wildman–Crippen LogP) is 2.13. The van der Waals surface area contributed by atoms with Crippen molar-refractivity contribution < 1.29 is 19.3 Å². The molecule has 0 unspecified atom stereocenters. The maximum Gasteiger partial charge on any atom is 0.328 e. The number of rotatable bonds is 9. The maximum atomic E-state index is 13.5. The minimum absolute atomic E-state index is 0.0174. The Morgan fingerprint density at radius 3 is 2.59 bits per heavy atom. The second kappa shape index (κ2) is 12.0. The number of carboxylic acid groups (broad SMARTS) is 1. The quantitative estimate of drug-likeness (QED) is 0.240. The number of fused-ring (bicyclic) bond motifs is 1. The zero-order valence-electron chi connectivity index (χ0n) is 23.4. The molecule has 214 valence electrons. The van der Waals surface area contributed by atoms with Crippen LogP contribution in [0.3, 0.4) is 0 Å². The van der Waals surface area contributed by atoms with Gasteiger partial charge < -0.3 is 14.9 Å². The molecule has 1 aliphatic rings. The molecule has 0 atom stereocenters. The highest BCUT2D eigenvalue weighted by Crippen LogP contribution is 2.22. The van der Waals surface area contributed by atoms with Crippen LogP contribution in [-0.2, 0) is 36.0 Å². The van der Waals surface area contributed by atoms with Crippen molar-refractivity contribution in [3.05, 3.63) is 80.7 Å². The van der Waals surface area contributed by atoms with Gasteiger partial charge in [-0.3, -0.25) is 14.0 Å². The van der Waals surface area contributed by atoms with E-state index in [-0.39, 0.29) is 23.6 Å². The number of thiazole rings is 1. The van der Waals surface area contributed by atoms with Crippen LogP contribution in [0.1, 0.15) is 41.6 Å². The molecule has 1 saturated heterocycles. The number of aliphatic carboxylic acids is 1. The largest absolute Gasteiger partial charge is 0.478 e. The first-order chi connectivity index (χ1) is 19.7. The summed E-state index contributed by atoms with van der Waals surface area (Å²) in [6.07, 6.45) is 11.1. The number of nitrogens with zero attached hydrogens (tertiary/aromatic N) is 7. The molecule has 11 nitrogen and oxygen atoms in total. The van der Waals surface area contributed by atoms with E-state index in [1.165, 1.54) is 10.5 Å². The number of hydrogen-bond donors (Lipinski definition) is 1. The number of piperazine rings is 1. The van der Waals surface area contributed by atoms with Crippen molar-refractivity contribution in [1.82, 2.24) is 23.8 Å². The van der Waals surface area contributed by atoms with E-state index in [1.54, 1.807) is 22.4 Å². The summed E-state index contributed by atoms with van der Waals surface area (Å²) in [5.74, 6) is -0.311. The van der Waals surface area contributed by atoms with Crippen molar-refractivity contribution >= 4 is 40.8 Å². The molecule has 4 aromatic rings. The van der Waals surface area contributed by atoms with Crippen LogP contribution < -0.4 is 15.0 Å². The van der Waals surface area contributed by atoms with E-state index in [0.717, 1.165) is 35.2 Å². The lowest BCUT2D eigenvalue weighted by molar-refractivity contribution is -0.684. The average Bonchev–Trinajstić information content (AvgIpc) is 3.60. The van der Waals surface area contributed by atoms with E-state index in [4.69, 9.17) is 9.97 Å². The molecular formula is C29H34N7O4S+. The first kappa shape index (κ1) is 28.2. The van der Waals surface area contributed by atoms with Crippen LogP contribution in [0, 0.1) is 0 Å². The lowest BCUT2D eigenvalue weighted by atomic mass is 10.1. The summed E-state index contributed by atoms with van der Waals surface area (Å²) in [5.41, 5.74) is 2.50. The van der Waals surface area contributed by atoms with Crippen molar-refractivity contribution in [1.29, 1.82) is 0 Å². The molecule has 5 rings (SSSR count). The van der Waals surface area contributed by atoms with Gasteiger partial charge in [-0.05, 0) is 36.1 Å². The summed E-state index contributed by atoms with van der Waals surface area (Å²) in [6.45, 7) is 6.41. The summed E-state index contributed by atoms with van der Waals surface area (Å²) in [6, 6.07) is 3.80. The Kier molecular flexibility index (Phi) is 8.29. The van der Waals surface area contributed by atoms with Crippen LogP contribution in [-0.4, -0.2) is 67.0 Å². The second-order valence-electron chi connectivity index (χ2n) is 10.5. The van der Waals surface area contributed by atoms with Gasteiger partial charge in [-0.25, -0.2) is 23.9 Å². The fourth-order valence-corrected chi connectivity index (χ4v) is 5.81. The van der Waals surface area contributed by atoms with Gasteiger partial charge in [0.05, 0.1) is 23.3 Å². The Morgan fingerprint density at radius 1 is 1.15 bits per heavy atom. The molecule has 5 heterocycles. The molecule has 0 bridgehead atoms. The summed E-state index contributed by atoms with van der Waals surface area (Å²) >= 11 is 1.66. The van der Waals surface area contributed by atoms with Crippen LogP contribution in [0.4, 0.5) is 5.82 Å². The van der Waals surface area contributed by atoms with Gasteiger partial charge >= 0.3 is 5.97 Å². The number of imidazole rings is 1. The first-order valence-electron chi connectivity index (χ1n) is 13.6. The smallest absolute Gasteiger partial charge is 0.328 e. The molecule has 41 heavy (non-hydrogen) atoms. The van der Waals surface area contributed by atoms with E-state index in [9.17, 15) is 19.5 Å². The molecule has 1 aliphatic heterocycles. The Bertz CT molecular complexity index is 1660. The summed E-state index contributed by atoms with van der Waals surface area (Å²) in [5, 5.41) is 12.4. The monoisotopic (exact) mass is 576 g/mol. The second-order valence-corrected chi connectivity index (χ2v) is 11.5. The Morgan fingerprint density at radius 2 is 1.93 bits per heavy atom. The first-order valence-corrected chi connectivity index (χ1v) is 14.5. The Balaban J connectivity index is 1.37. The summed E-state index contributed by atoms with van der Waals surface area (Å²) in [7, 11) is 1.90. The number of amides is 1. The number of carbonyl (C=O) groups excluding carboxylic acids is 1. The van der Waals surface area contributed by atoms with Crippen molar-refractivity contribution in [2.24, 2.45) is 7.05 Å². The van der Waals surface area contributed by atoms with Crippen LogP contribution >= 0.6 is 11.3 Å². The molecule has 0 saturated carbocycles.